The Morgan fingerprint density at radius 3 is 2.65 bits per heavy atom. The lowest BCUT2D eigenvalue weighted by Crippen LogP contribution is -2.26. The molecular weight excluding hydrogens is 250 g/mol. The molecular formula is C17H27NO2. The molecule has 0 saturated carbocycles. The predicted octanol–water partition coefficient (Wildman–Crippen LogP) is 3.01. The number of likely N-dealkylation sites (N-methyl/N-ethyl adjacent to an activating group) is 1. The van der Waals surface area contributed by atoms with Crippen LogP contribution in [0.3, 0.4) is 0 Å². The van der Waals surface area contributed by atoms with E-state index in [9.17, 15) is 0 Å². The van der Waals surface area contributed by atoms with Crippen molar-refractivity contribution in [3.8, 4) is 0 Å². The van der Waals surface area contributed by atoms with Crippen LogP contribution in [0.5, 0.6) is 0 Å². The third-order valence-electron chi connectivity index (χ3n) is 3.76. The lowest BCUT2D eigenvalue weighted by molar-refractivity contribution is 0.0747. The van der Waals surface area contributed by atoms with Crippen LogP contribution in [0.4, 0.5) is 0 Å². The summed E-state index contributed by atoms with van der Waals surface area (Å²) in [4.78, 5) is 0. The third-order valence-corrected chi connectivity index (χ3v) is 3.76. The van der Waals surface area contributed by atoms with E-state index >= 15 is 0 Å². The fourth-order valence-corrected chi connectivity index (χ4v) is 2.80. The highest BCUT2D eigenvalue weighted by molar-refractivity contribution is 5.30. The molecule has 1 aliphatic heterocycles. The molecule has 112 valence electrons. The number of aryl methyl sites for hydroxylation is 2. The second kappa shape index (κ2) is 7.77. The van der Waals surface area contributed by atoms with Crippen molar-refractivity contribution in [1.29, 1.82) is 0 Å². The van der Waals surface area contributed by atoms with Gasteiger partial charge in [-0.15, -0.1) is 0 Å². The third kappa shape index (κ3) is 4.58. The Hall–Kier alpha value is -0.900. The minimum atomic E-state index is 0.279. The Morgan fingerprint density at radius 1 is 1.30 bits per heavy atom. The maximum Gasteiger partial charge on any atom is 0.0661 e. The molecule has 3 heteroatoms. The maximum atomic E-state index is 5.92. The van der Waals surface area contributed by atoms with Crippen molar-refractivity contribution in [3.05, 3.63) is 34.9 Å². The van der Waals surface area contributed by atoms with E-state index in [-0.39, 0.29) is 6.04 Å². The van der Waals surface area contributed by atoms with Gasteiger partial charge in [0.2, 0.25) is 0 Å². The average Bonchev–Trinajstić information content (AvgIpc) is 2.89. The van der Waals surface area contributed by atoms with Crippen LogP contribution in [0.1, 0.15) is 36.1 Å². The second-order valence-electron chi connectivity index (χ2n) is 5.80. The van der Waals surface area contributed by atoms with Gasteiger partial charge < -0.3 is 14.8 Å². The van der Waals surface area contributed by atoms with Gasteiger partial charge in [-0.3, -0.25) is 0 Å². The van der Waals surface area contributed by atoms with Gasteiger partial charge in [-0.2, -0.15) is 0 Å². The molecule has 2 rings (SSSR count). The van der Waals surface area contributed by atoms with Crippen LogP contribution in [0.2, 0.25) is 0 Å². The van der Waals surface area contributed by atoms with E-state index in [1.54, 1.807) is 0 Å². The molecule has 1 heterocycles. The highest BCUT2D eigenvalue weighted by Crippen LogP contribution is 2.19. The van der Waals surface area contributed by atoms with E-state index in [0.29, 0.717) is 5.92 Å². The molecule has 2 atom stereocenters. The van der Waals surface area contributed by atoms with Gasteiger partial charge in [-0.05, 0) is 32.4 Å². The van der Waals surface area contributed by atoms with Gasteiger partial charge >= 0.3 is 0 Å². The monoisotopic (exact) mass is 277 g/mol. The molecule has 1 aromatic rings. The van der Waals surface area contributed by atoms with Crippen molar-refractivity contribution in [2.45, 2.75) is 33.2 Å². The van der Waals surface area contributed by atoms with Crippen molar-refractivity contribution < 1.29 is 9.47 Å². The van der Waals surface area contributed by atoms with Gasteiger partial charge in [0, 0.05) is 12.5 Å². The summed E-state index contributed by atoms with van der Waals surface area (Å²) >= 11 is 0. The Labute approximate surface area is 122 Å². The molecule has 0 spiro atoms. The Balaban J connectivity index is 1.91. The van der Waals surface area contributed by atoms with Crippen molar-refractivity contribution in [2.75, 3.05) is 33.0 Å². The lowest BCUT2D eigenvalue weighted by atomic mass is 10.0. The Bertz CT molecular complexity index is 393. The van der Waals surface area contributed by atoms with Gasteiger partial charge in [-0.25, -0.2) is 0 Å². The van der Waals surface area contributed by atoms with Crippen molar-refractivity contribution >= 4 is 0 Å². The number of benzene rings is 1. The summed E-state index contributed by atoms with van der Waals surface area (Å²) in [5.41, 5.74) is 3.95. The largest absolute Gasteiger partial charge is 0.381 e. The first kappa shape index (κ1) is 15.5. The summed E-state index contributed by atoms with van der Waals surface area (Å²) in [5.74, 6) is 0.580. The summed E-state index contributed by atoms with van der Waals surface area (Å²) < 4.78 is 11.3. The zero-order chi connectivity index (χ0) is 14.4. The second-order valence-corrected chi connectivity index (χ2v) is 5.80. The van der Waals surface area contributed by atoms with Crippen LogP contribution in [0.15, 0.2) is 18.2 Å². The standard InChI is InChI=1S/C17H27NO2/c1-4-18-17(12-20-11-15-5-6-19-10-15)16-8-13(2)7-14(3)9-16/h7-9,15,17-18H,4-6,10-12H2,1-3H3. The topological polar surface area (TPSA) is 30.5 Å². The van der Waals surface area contributed by atoms with Crippen molar-refractivity contribution in [2.24, 2.45) is 5.92 Å². The van der Waals surface area contributed by atoms with E-state index in [1.807, 2.05) is 0 Å². The fourth-order valence-electron chi connectivity index (χ4n) is 2.80. The first-order chi connectivity index (χ1) is 9.69. The van der Waals surface area contributed by atoms with E-state index in [2.05, 4.69) is 44.3 Å². The molecule has 1 aliphatic rings. The number of ether oxygens (including phenoxy) is 2. The van der Waals surface area contributed by atoms with Crippen molar-refractivity contribution in [3.63, 3.8) is 0 Å². The average molecular weight is 277 g/mol. The van der Waals surface area contributed by atoms with Crippen molar-refractivity contribution in [1.82, 2.24) is 5.32 Å². The van der Waals surface area contributed by atoms with Gasteiger partial charge in [0.25, 0.3) is 0 Å². The summed E-state index contributed by atoms with van der Waals surface area (Å²) in [6, 6.07) is 6.99. The number of hydrogen-bond donors (Lipinski definition) is 1. The van der Waals surface area contributed by atoms with Crippen LogP contribution < -0.4 is 5.32 Å². The van der Waals surface area contributed by atoms with E-state index in [4.69, 9.17) is 9.47 Å². The molecule has 0 amide bonds. The van der Waals surface area contributed by atoms with Gasteiger partial charge in [0.05, 0.1) is 25.9 Å². The zero-order valence-corrected chi connectivity index (χ0v) is 12.9. The van der Waals surface area contributed by atoms with Crippen LogP contribution in [0.25, 0.3) is 0 Å². The minimum absolute atomic E-state index is 0.279. The normalized spacial score (nSPS) is 20.2. The van der Waals surface area contributed by atoms with E-state index in [1.165, 1.54) is 16.7 Å². The molecule has 20 heavy (non-hydrogen) atoms. The smallest absolute Gasteiger partial charge is 0.0661 e. The van der Waals surface area contributed by atoms with Crippen LogP contribution in [-0.2, 0) is 9.47 Å². The zero-order valence-electron chi connectivity index (χ0n) is 12.9. The van der Waals surface area contributed by atoms with E-state index in [0.717, 1.165) is 39.4 Å². The molecule has 0 radical (unpaired) electrons. The molecule has 0 bridgehead atoms. The molecule has 3 nitrogen and oxygen atoms in total. The predicted molar refractivity (Wildman–Crippen MR) is 82.1 cm³/mol. The molecule has 1 fully saturated rings. The summed E-state index contributed by atoms with van der Waals surface area (Å²) in [6.07, 6.45) is 1.13. The number of nitrogens with one attached hydrogen (secondary N) is 1. The van der Waals surface area contributed by atoms with Gasteiger partial charge in [0.1, 0.15) is 0 Å². The fraction of sp³-hybridized carbons (Fsp3) is 0.647. The van der Waals surface area contributed by atoms with Gasteiger partial charge in [-0.1, -0.05) is 36.2 Å². The summed E-state index contributed by atoms with van der Waals surface area (Å²) in [5, 5.41) is 3.52. The Morgan fingerprint density at radius 2 is 2.05 bits per heavy atom. The van der Waals surface area contributed by atoms with Crippen LogP contribution in [0, 0.1) is 19.8 Å². The quantitative estimate of drug-likeness (QED) is 0.831. The summed E-state index contributed by atoms with van der Waals surface area (Å²) in [7, 11) is 0. The number of rotatable bonds is 7. The van der Waals surface area contributed by atoms with Crippen LogP contribution in [-0.4, -0.2) is 33.0 Å². The van der Waals surface area contributed by atoms with Crippen LogP contribution >= 0.6 is 0 Å². The highest BCUT2D eigenvalue weighted by atomic mass is 16.5. The SMILES string of the molecule is CCNC(COCC1CCOC1)c1cc(C)cc(C)c1. The maximum absolute atomic E-state index is 5.92. The molecule has 0 aliphatic carbocycles. The Kier molecular flexibility index (Phi) is 6.02. The summed E-state index contributed by atoms with van der Waals surface area (Å²) in [6.45, 7) is 10.7. The molecule has 1 saturated heterocycles. The minimum Gasteiger partial charge on any atom is -0.381 e. The molecule has 1 aromatic carbocycles. The number of hydrogen-bond acceptors (Lipinski definition) is 3. The van der Waals surface area contributed by atoms with E-state index < -0.39 is 0 Å². The molecule has 1 N–H and O–H groups in total. The van der Waals surface area contributed by atoms with Gasteiger partial charge in [0.15, 0.2) is 0 Å². The molecule has 2 unspecified atom stereocenters. The lowest BCUT2D eigenvalue weighted by Gasteiger charge is -2.20. The highest BCUT2D eigenvalue weighted by Gasteiger charge is 2.17. The molecule has 0 aromatic heterocycles. The first-order valence-corrected chi connectivity index (χ1v) is 7.66. The first-order valence-electron chi connectivity index (χ1n) is 7.66.